The molecule has 0 spiro atoms. The van der Waals surface area contributed by atoms with E-state index in [1.807, 2.05) is 0 Å². The SMILES string of the molecule is CCCCCCCCCC(CCCCCCC)S(=O)(=O)[O-].CCCCCCCCCC(CCCCCCC)S(=O)(=O)[O-].[Ba+2]. The molecule has 0 amide bonds. The fourth-order valence-electron chi connectivity index (χ4n) is 5.48. The van der Waals surface area contributed by atoms with Gasteiger partial charge in [0.1, 0.15) is 0 Å². The van der Waals surface area contributed by atoms with Crippen LogP contribution >= 0.6 is 0 Å². The molecule has 0 saturated heterocycles. The second kappa shape index (κ2) is 34.7. The monoisotopic (exact) mass is 776 g/mol. The second-order valence-corrected chi connectivity index (χ2v) is 15.8. The molecule has 0 rings (SSSR count). The summed E-state index contributed by atoms with van der Waals surface area (Å²) in [5.41, 5.74) is 0. The van der Waals surface area contributed by atoms with Crippen molar-refractivity contribution in [2.45, 2.75) is 218 Å². The summed E-state index contributed by atoms with van der Waals surface area (Å²) >= 11 is 0. The van der Waals surface area contributed by atoms with E-state index in [1.165, 1.54) is 89.9 Å². The molecule has 0 aliphatic carbocycles. The molecule has 2 atom stereocenters. The number of unbranched alkanes of at least 4 members (excludes halogenated alkanes) is 20. The fourth-order valence-corrected chi connectivity index (χ4v) is 7.30. The first-order valence-electron chi connectivity index (χ1n) is 17.9. The third kappa shape index (κ3) is 36.1. The van der Waals surface area contributed by atoms with E-state index in [0.717, 1.165) is 64.2 Å². The van der Waals surface area contributed by atoms with Gasteiger partial charge in [0.05, 0.1) is 20.2 Å². The molecule has 0 fully saturated rings. The molecule has 2 unspecified atom stereocenters. The molecule has 0 N–H and O–H groups in total. The van der Waals surface area contributed by atoms with Crippen LogP contribution in [0, 0.1) is 0 Å². The van der Waals surface area contributed by atoms with E-state index in [2.05, 4.69) is 27.7 Å². The molecule has 0 bridgehead atoms. The van der Waals surface area contributed by atoms with Crippen LogP contribution in [0.15, 0.2) is 0 Å². The first-order valence-corrected chi connectivity index (χ1v) is 20.9. The Hall–Kier alpha value is 1.39. The molecule has 43 heavy (non-hydrogen) atoms. The first kappa shape index (κ1) is 48.8. The van der Waals surface area contributed by atoms with Crippen molar-refractivity contribution >= 4 is 69.1 Å². The molecule has 256 valence electrons. The number of hydrogen-bond donors (Lipinski definition) is 0. The van der Waals surface area contributed by atoms with E-state index >= 15 is 0 Å². The van der Waals surface area contributed by atoms with E-state index in [4.69, 9.17) is 0 Å². The molecule has 9 heteroatoms. The standard InChI is InChI=1S/2C17H36O3S.Ba/c2*1-3-5-7-9-10-12-14-16-17(21(18,19)20)15-13-11-8-6-4-2;/h2*17H,3-16H2,1-2H3,(H,18,19,20);/q;;+2/p-2. The van der Waals surface area contributed by atoms with Gasteiger partial charge in [0.25, 0.3) is 0 Å². The van der Waals surface area contributed by atoms with Gasteiger partial charge < -0.3 is 9.11 Å². The first-order chi connectivity index (χ1) is 20.0. The zero-order valence-electron chi connectivity index (χ0n) is 28.9. The predicted molar refractivity (Wildman–Crippen MR) is 185 cm³/mol. The minimum atomic E-state index is -4.11. The molecular weight excluding hydrogens is 706 g/mol. The Kier molecular flexibility index (Phi) is 39.4. The van der Waals surface area contributed by atoms with Crippen LogP contribution in [0.3, 0.4) is 0 Å². The van der Waals surface area contributed by atoms with Crippen LogP contribution in [0.1, 0.15) is 207 Å². The van der Waals surface area contributed by atoms with Crippen molar-refractivity contribution in [2.24, 2.45) is 0 Å². The van der Waals surface area contributed by atoms with Gasteiger partial charge in [0.2, 0.25) is 0 Å². The van der Waals surface area contributed by atoms with E-state index < -0.39 is 30.7 Å². The molecule has 0 aliphatic heterocycles. The van der Waals surface area contributed by atoms with Gasteiger partial charge in [0.15, 0.2) is 0 Å². The Balaban J connectivity index is -0.000000727. The minimum Gasteiger partial charge on any atom is -0.748 e. The van der Waals surface area contributed by atoms with Crippen LogP contribution < -0.4 is 0 Å². The van der Waals surface area contributed by atoms with E-state index in [1.54, 1.807) is 0 Å². The summed E-state index contributed by atoms with van der Waals surface area (Å²) in [4.78, 5) is 0. The van der Waals surface area contributed by atoms with Gasteiger partial charge in [-0.2, -0.15) is 0 Å². The number of rotatable bonds is 30. The molecule has 0 aliphatic rings. The van der Waals surface area contributed by atoms with Gasteiger partial charge in [-0.25, -0.2) is 16.8 Å². The Morgan fingerprint density at radius 3 is 0.674 bits per heavy atom. The summed E-state index contributed by atoms with van der Waals surface area (Å²) < 4.78 is 67.8. The summed E-state index contributed by atoms with van der Waals surface area (Å²) in [5.74, 6) is 0. The molecule has 0 aromatic rings. The Labute approximate surface area is 310 Å². The van der Waals surface area contributed by atoms with Gasteiger partial charge in [-0.1, -0.05) is 182 Å². The quantitative estimate of drug-likeness (QED) is 0.0408. The summed E-state index contributed by atoms with van der Waals surface area (Å²) in [6.07, 6.45) is 29.5. The van der Waals surface area contributed by atoms with Crippen molar-refractivity contribution in [1.82, 2.24) is 0 Å². The molecule has 0 aromatic heterocycles. The van der Waals surface area contributed by atoms with Crippen molar-refractivity contribution in [3.63, 3.8) is 0 Å². The maximum absolute atomic E-state index is 11.3. The van der Waals surface area contributed by atoms with Crippen LogP contribution in [0.4, 0.5) is 0 Å². The molecule has 0 radical (unpaired) electrons. The van der Waals surface area contributed by atoms with Gasteiger partial charge in [-0.3, -0.25) is 0 Å². The van der Waals surface area contributed by atoms with Crippen LogP contribution in [0.25, 0.3) is 0 Å². The Bertz CT molecular complexity index is 695. The van der Waals surface area contributed by atoms with Crippen molar-refractivity contribution in [3.8, 4) is 0 Å². The molecular formula is C34H70BaO6S2. The third-order valence-corrected chi connectivity index (χ3v) is 10.9. The van der Waals surface area contributed by atoms with Gasteiger partial charge >= 0.3 is 48.9 Å². The zero-order chi connectivity index (χ0) is 32.0. The van der Waals surface area contributed by atoms with Gasteiger partial charge in [0, 0.05) is 10.5 Å². The molecule has 0 heterocycles. The average molecular weight is 776 g/mol. The normalized spacial score (nSPS) is 13.2. The summed E-state index contributed by atoms with van der Waals surface area (Å²) in [7, 11) is -8.22. The summed E-state index contributed by atoms with van der Waals surface area (Å²) in [5, 5.41) is -1.29. The van der Waals surface area contributed by atoms with E-state index in [-0.39, 0.29) is 48.9 Å². The molecule has 0 saturated carbocycles. The average Bonchev–Trinajstić information content (AvgIpc) is 2.92. The minimum absolute atomic E-state index is 0. The summed E-state index contributed by atoms with van der Waals surface area (Å²) in [6.45, 7) is 8.71. The second-order valence-electron chi connectivity index (χ2n) is 12.5. The fraction of sp³-hybridized carbons (Fsp3) is 1.00. The van der Waals surface area contributed by atoms with Crippen molar-refractivity contribution in [3.05, 3.63) is 0 Å². The molecule has 0 aromatic carbocycles. The van der Waals surface area contributed by atoms with Gasteiger partial charge in [-0.05, 0) is 25.7 Å². The van der Waals surface area contributed by atoms with Crippen LogP contribution in [-0.2, 0) is 20.2 Å². The topological polar surface area (TPSA) is 114 Å². The van der Waals surface area contributed by atoms with E-state index in [0.29, 0.717) is 25.7 Å². The Morgan fingerprint density at radius 1 is 0.349 bits per heavy atom. The zero-order valence-corrected chi connectivity index (χ0v) is 35.0. The Morgan fingerprint density at radius 2 is 0.512 bits per heavy atom. The van der Waals surface area contributed by atoms with Crippen LogP contribution in [0.5, 0.6) is 0 Å². The molecule has 6 nitrogen and oxygen atoms in total. The van der Waals surface area contributed by atoms with Crippen molar-refractivity contribution in [1.29, 1.82) is 0 Å². The third-order valence-electron chi connectivity index (χ3n) is 8.34. The van der Waals surface area contributed by atoms with Crippen molar-refractivity contribution in [2.75, 3.05) is 0 Å². The summed E-state index contributed by atoms with van der Waals surface area (Å²) in [6, 6.07) is 0. The number of hydrogen-bond acceptors (Lipinski definition) is 6. The van der Waals surface area contributed by atoms with Gasteiger partial charge in [-0.15, -0.1) is 0 Å². The van der Waals surface area contributed by atoms with Crippen molar-refractivity contribution < 1.29 is 25.9 Å². The maximum Gasteiger partial charge on any atom is 2.00 e. The van der Waals surface area contributed by atoms with E-state index in [9.17, 15) is 25.9 Å². The van der Waals surface area contributed by atoms with Crippen LogP contribution in [-0.4, -0.2) is 85.3 Å². The van der Waals surface area contributed by atoms with Crippen LogP contribution in [0.2, 0.25) is 0 Å². The maximum atomic E-state index is 11.3. The smallest absolute Gasteiger partial charge is 0.748 e. The predicted octanol–water partition coefficient (Wildman–Crippen LogP) is 10.4. The largest absolute Gasteiger partial charge is 2.00 e.